The van der Waals surface area contributed by atoms with Crippen molar-refractivity contribution in [3.05, 3.63) is 101 Å². The fraction of sp³-hybridized carbons (Fsp3) is 0.115. The van der Waals surface area contributed by atoms with Crippen LogP contribution in [0.5, 0.6) is 0 Å². The Hall–Kier alpha value is -4.17. The van der Waals surface area contributed by atoms with E-state index in [2.05, 4.69) is 12.2 Å². The number of hydrogen-bond acceptors (Lipinski definition) is 4. The molecule has 0 bridgehead atoms. The van der Waals surface area contributed by atoms with E-state index in [9.17, 15) is 9.59 Å². The van der Waals surface area contributed by atoms with Gasteiger partial charge in [0, 0.05) is 5.69 Å². The third kappa shape index (κ3) is 3.84. The SMILES string of the molecule is CCc1ccc(NC2=C(c3ccc(C)cc3)C(=O)N(c3ccc(C#N)cc3)C2=O)cc1. The van der Waals surface area contributed by atoms with Crippen LogP contribution < -0.4 is 10.2 Å². The molecular weight excluding hydrogens is 386 g/mol. The minimum absolute atomic E-state index is 0.238. The Morgan fingerprint density at radius 3 is 2.10 bits per heavy atom. The van der Waals surface area contributed by atoms with Gasteiger partial charge < -0.3 is 5.32 Å². The second-order valence-electron chi connectivity index (χ2n) is 7.40. The number of imide groups is 1. The summed E-state index contributed by atoms with van der Waals surface area (Å²) in [4.78, 5) is 27.9. The predicted octanol–water partition coefficient (Wildman–Crippen LogP) is 4.83. The number of nitrogens with one attached hydrogen (secondary N) is 1. The monoisotopic (exact) mass is 407 g/mol. The molecule has 3 aromatic rings. The molecule has 0 aliphatic carbocycles. The Bertz CT molecular complexity index is 1220. The third-order valence-electron chi connectivity index (χ3n) is 5.31. The highest BCUT2D eigenvalue weighted by atomic mass is 16.2. The standard InChI is InChI=1S/C26H21N3O2/c1-3-18-6-12-21(13-7-18)28-24-23(20-10-4-17(2)5-11-20)25(30)29(26(24)31)22-14-8-19(16-27)9-15-22/h4-15,28H,3H2,1-2H3. The van der Waals surface area contributed by atoms with E-state index < -0.39 is 11.8 Å². The minimum atomic E-state index is -0.426. The van der Waals surface area contributed by atoms with E-state index in [4.69, 9.17) is 5.26 Å². The van der Waals surface area contributed by atoms with Gasteiger partial charge >= 0.3 is 0 Å². The first-order valence-corrected chi connectivity index (χ1v) is 10.1. The summed E-state index contributed by atoms with van der Waals surface area (Å²) in [5, 5.41) is 12.2. The number of hydrogen-bond donors (Lipinski definition) is 1. The largest absolute Gasteiger partial charge is 0.350 e. The minimum Gasteiger partial charge on any atom is -0.350 e. The van der Waals surface area contributed by atoms with E-state index in [1.54, 1.807) is 24.3 Å². The van der Waals surface area contributed by atoms with Crippen LogP contribution in [0.15, 0.2) is 78.5 Å². The van der Waals surface area contributed by atoms with Gasteiger partial charge in [-0.15, -0.1) is 0 Å². The average Bonchev–Trinajstić information content (AvgIpc) is 3.04. The normalized spacial score (nSPS) is 13.5. The molecule has 0 radical (unpaired) electrons. The highest BCUT2D eigenvalue weighted by Crippen LogP contribution is 2.34. The van der Waals surface area contributed by atoms with E-state index in [-0.39, 0.29) is 5.70 Å². The third-order valence-corrected chi connectivity index (χ3v) is 5.31. The quantitative estimate of drug-likeness (QED) is 0.615. The van der Waals surface area contributed by atoms with Crippen LogP contribution >= 0.6 is 0 Å². The summed E-state index contributed by atoms with van der Waals surface area (Å²) in [6.45, 7) is 4.05. The van der Waals surface area contributed by atoms with Gasteiger partial charge in [0.15, 0.2) is 0 Å². The summed E-state index contributed by atoms with van der Waals surface area (Å²) in [5.74, 6) is -0.823. The summed E-state index contributed by atoms with van der Waals surface area (Å²) in [7, 11) is 0. The molecule has 0 spiro atoms. The first kappa shape index (κ1) is 20.1. The van der Waals surface area contributed by atoms with Gasteiger partial charge in [-0.1, -0.05) is 48.9 Å². The summed E-state index contributed by atoms with van der Waals surface area (Å²) in [6.07, 6.45) is 0.918. The first-order valence-electron chi connectivity index (χ1n) is 10.1. The van der Waals surface area contributed by atoms with Crippen LogP contribution in [-0.4, -0.2) is 11.8 Å². The zero-order chi connectivity index (χ0) is 22.0. The summed E-state index contributed by atoms with van der Waals surface area (Å²) in [5.41, 5.74) is 5.12. The molecule has 0 fully saturated rings. The van der Waals surface area contributed by atoms with Gasteiger partial charge in [0.25, 0.3) is 11.8 Å². The van der Waals surface area contributed by atoms with E-state index in [0.29, 0.717) is 22.4 Å². The molecule has 1 aliphatic heterocycles. The molecule has 0 atom stereocenters. The number of nitriles is 1. The Balaban J connectivity index is 1.78. The van der Waals surface area contributed by atoms with Crippen LogP contribution in [0.25, 0.3) is 5.57 Å². The molecule has 5 nitrogen and oxygen atoms in total. The molecular formula is C26H21N3O2. The lowest BCUT2D eigenvalue weighted by Gasteiger charge is -2.15. The number of aryl methyl sites for hydroxylation is 2. The number of nitrogens with zero attached hydrogens (tertiary/aromatic N) is 2. The number of amides is 2. The van der Waals surface area contributed by atoms with Crippen molar-refractivity contribution in [1.82, 2.24) is 0 Å². The van der Waals surface area contributed by atoms with E-state index in [1.807, 2.05) is 61.5 Å². The van der Waals surface area contributed by atoms with Crippen molar-refractivity contribution in [3.8, 4) is 6.07 Å². The molecule has 152 valence electrons. The van der Waals surface area contributed by atoms with E-state index in [1.165, 1.54) is 5.56 Å². The molecule has 3 aromatic carbocycles. The van der Waals surface area contributed by atoms with Crippen molar-refractivity contribution >= 4 is 28.8 Å². The molecule has 1 heterocycles. The number of anilines is 2. The van der Waals surface area contributed by atoms with Gasteiger partial charge in [-0.05, 0) is 60.9 Å². The highest BCUT2D eigenvalue weighted by Gasteiger charge is 2.40. The number of rotatable bonds is 5. The Morgan fingerprint density at radius 2 is 1.52 bits per heavy atom. The van der Waals surface area contributed by atoms with Crippen LogP contribution in [0.3, 0.4) is 0 Å². The topological polar surface area (TPSA) is 73.2 Å². The van der Waals surface area contributed by atoms with Gasteiger partial charge in [0.1, 0.15) is 5.70 Å². The Labute approximate surface area is 181 Å². The van der Waals surface area contributed by atoms with Gasteiger partial charge in [-0.25, -0.2) is 4.90 Å². The van der Waals surface area contributed by atoms with Crippen molar-refractivity contribution < 1.29 is 9.59 Å². The van der Waals surface area contributed by atoms with Crippen molar-refractivity contribution in [2.24, 2.45) is 0 Å². The highest BCUT2D eigenvalue weighted by molar-refractivity contribution is 6.46. The Kier molecular flexibility index (Phi) is 5.38. The first-order chi connectivity index (χ1) is 15.0. The molecule has 5 heteroatoms. The van der Waals surface area contributed by atoms with Gasteiger partial charge in [-0.3, -0.25) is 9.59 Å². The lowest BCUT2D eigenvalue weighted by Crippen LogP contribution is -2.32. The second-order valence-corrected chi connectivity index (χ2v) is 7.40. The lowest BCUT2D eigenvalue weighted by atomic mass is 10.0. The van der Waals surface area contributed by atoms with Gasteiger partial charge in [-0.2, -0.15) is 5.26 Å². The maximum atomic E-state index is 13.4. The van der Waals surface area contributed by atoms with Crippen LogP contribution in [0, 0.1) is 18.3 Å². The fourth-order valence-corrected chi connectivity index (χ4v) is 3.52. The van der Waals surface area contributed by atoms with Gasteiger partial charge in [0.2, 0.25) is 0 Å². The van der Waals surface area contributed by atoms with E-state index >= 15 is 0 Å². The molecule has 0 saturated carbocycles. The number of carbonyl (C=O) groups excluding carboxylic acids is 2. The zero-order valence-electron chi connectivity index (χ0n) is 17.3. The summed E-state index contributed by atoms with van der Waals surface area (Å²) < 4.78 is 0. The van der Waals surface area contributed by atoms with Crippen molar-refractivity contribution in [2.75, 3.05) is 10.2 Å². The van der Waals surface area contributed by atoms with Crippen molar-refractivity contribution in [3.63, 3.8) is 0 Å². The molecule has 4 rings (SSSR count). The summed E-state index contributed by atoms with van der Waals surface area (Å²) >= 11 is 0. The zero-order valence-corrected chi connectivity index (χ0v) is 17.3. The smallest absolute Gasteiger partial charge is 0.282 e. The molecule has 2 amide bonds. The predicted molar refractivity (Wildman–Crippen MR) is 121 cm³/mol. The molecule has 1 aliphatic rings. The number of carbonyl (C=O) groups is 2. The molecule has 31 heavy (non-hydrogen) atoms. The molecule has 0 unspecified atom stereocenters. The van der Waals surface area contributed by atoms with Crippen LogP contribution in [-0.2, 0) is 16.0 Å². The van der Waals surface area contributed by atoms with Crippen molar-refractivity contribution in [2.45, 2.75) is 20.3 Å². The van der Waals surface area contributed by atoms with Crippen LogP contribution in [0.2, 0.25) is 0 Å². The number of benzene rings is 3. The van der Waals surface area contributed by atoms with Gasteiger partial charge in [0.05, 0.1) is 22.9 Å². The maximum absolute atomic E-state index is 13.4. The van der Waals surface area contributed by atoms with E-state index in [0.717, 1.165) is 22.6 Å². The average molecular weight is 407 g/mol. The molecule has 0 aromatic heterocycles. The lowest BCUT2D eigenvalue weighted by molar-refractivity contribution is -0.120. The molecule has 1 N–H and O–H groups in total. The fourth-order valence-electron chi connectivity index (χ4n) is 3.52. The summed E-state index contributed by atoms with van der Waals surface area (Å²) in [6, 6.07) is 23.8. The van der Waals surface area contributed by atoms with Crippen LogP contribution in [0.4, 0.5) is 11.4 Å². The van der Waals surface area contributed by atoms with Crippen molar-refractivity contribution in [1.29, 1.82) is 5.26 Å². The second kappa shape index (κ2) is 8.29. The maximum Gasteiger partial charge on any atom is 0.282 e. The van der Waals surface area contributed by atoms with Crippen LogP contribution in [0.1, 0.15) is 29.2 Å². The molecule has 0 saturated heterocycles. The Morgan fingerprint density at radius 1 is 0.871 bits per heavy atom.